The van der Waals surface area contributed by atoms with E-state index in [4.69, 9.17) is 4.74 Å². The standard InChI is InChI=1S/C22H25N3O3/c1-15-3-5-20-17(9-15)7-8-24(22(20)27)19-10-16(11-23-12-19)13-25-18(14-28-2)4-6-21(25)26/h3,5,9-12,18H,4,6-8,13-14H2,1-2H3/t18-/m0/s1. The Balaban J connectivity index is 1.55. The summed E-state index contributed by atoms with van der Waals surface area (Å²) in [4.78, 5) is 33.2. The number of carbonyl (C=O) groups excluding carboxylic acids is 2. The number of aryl methyl sites for hydroxylation is 1. The van der Waals surface area contributed by atoms with Crippen LogP contribution in [0.1, 0.15) is 39.9 Å². The molecule has 0 aliphatic carbocycles. The topological polar surface area (TPSA) is 62.7 Å². The molecule has 6 nitrogen and oxygen atoms in total. The number of pyridine rings is 1. The second kappa shape index (κ2) is 7.72. The fourth-order valence-electron chi connectivity index (χ4n) is 4.14. The molecule has 2 amide bonds. The molecule has 0 radical (unpaired) electrons. The predicted molar refractivity (Wildman–Crippen MR) is 106 cm³/mol. The van der Waals surface area contributed by atoms with Gasteiger partial charge in [0.1, 0.15) is 0 Å². The Kier molecular flexibility index (Phi) is 5.13. The van der Waals surface area contributed by atoms with Gasteiger partial charge >= 0.3 is 0 Å². The summed E-state index contributed by atoms with van der Waals surface area (Å²) in [6, 6.07) is 8.06. The van der Waals surface area contributed by atoms with Crippen LogP contribution >= 0.6 is 0 Å². The van der Waals surface area contributed by atoms with Crippen molar-refractivity contribution in [3.8, 4) is 0 Å². The van der Waals surface area contributed by atoms with Gasteiger partial charge in [0.25, 0.3) is 5.91 Å². The molecule has 0 spiro atoms. The molecule has 0 unspecified atom stereocenters. The molecule has 1 fully saturated rings. The average Bonchev–Trinajstić information content (AvgIpc) is 3.02. The molecule has 0 bridgehead atoms. The summed E-state index contributed by atoms with van der Waals surface area (Å²) in [5.41, 5.74) is 4.75. The Morgan fingerprint density at radius 1 is 1.18 bits per heavy atom. The predicted octanol–water partition coefficient (Wildman–Crippen LogP) is 2.73. The molecule has 0 N–H and O–H groups in total. The van der Waals surface area contributed by atoms with E-state index in [0.717, 1.165) is 35.2 Å². The normalized spacial score (nSPS) is 19.3. The zero-order chi connectivity index (χ0) is 19.7. The Morgan fingerprint density at radius 2 is 2.04 bits per heavy atom. The summed E-state index contributed by atoms with van der Waals surface area (Å²) in [5.74, 6) is 0.153. The van der Waals surface area contributed by atoms with Crippen molar-refractivity contribution < 1.29 is 14.3 Å². The van der Waals surface area contributed by atoms with Crippen LogP contribution in [0.4, 0.5) is 5.69 Å². The molecule has 2 aromatic rings. The van der Waals surface area contributed by atoms with Crippen molar-refractivity contribution in [2.45, 2.75) is 38.8 Å². The van der Waals surface area contributed by atoms with E-state index in [-0.39, 0.29) is 17.9 Å². The van der Waals surface area contributed by atoms with Gasteiger partial charge in [-0.05, 0) is 43.0 Å². The molecule has 146 valence electrons. The third-order valence-electron chi connectivity index (χ3n) is 5.60. The number of benzene rings is 1. The highest BCUT2D eigenvalue weighted by molar-refractivity contribution is 6.08. The lowest BCUT2D eigenvalue weighted by Crippen LogP contribution is -2.38. The number of anilines is 1. The van der Waals surface area contributed by atoms with E-state index < -0.39 is 0 Å². The van der Waals surface area contributed by atoms with Crippen LogP contribution in [-0.2, 0) is 22.5 Å². The monoisotopic (exact) mass is 379 g/mol. The minimum atomic E-state index is 0.00899. The van der Waals surface area contributed by atoms with Gasteiger partial charge in [-0.15, -0.1) is 0 Å². The van der Waals surface area contributed by atoms with E-state index in [0.29, 0.717) is 26.1 Å². The van der Waals surface area contributed by atoms with Crippen molar-refractivity contribution in [3.63, 3.8) is 0 Å². The zero-order valence-corrected chi connectivity index (χ0v) is 16.4. The molecular weight excluding hydrogens is 354 g/mol. The van der Waals surface area contributed by atoms with Crippen LogP contribution < -0.4 is 4.90 Å². The summed E-state index contributed by atoms with van der Waals surface area (Å²) >= 11 is 0. The molecule has 4 rings (SSSR count). The minimum absolute atomic E-state index is 0.00899. The number of amides is 2. The van der Waals surface area contributed by atoms with Crippen molar-refractivity contribution in [2.24, 2.45) is 0 Å². The number of methoxy groups -OCH3 is 1. The molecule has 3 heterocycles. The van der Waals surface area contributed by atoms with Crippen LogP contribution in [0.2, 0.25) is 0 Å². The van der Waals surface area contributed by atoms with Crippen LogP contribution in [-0.4, -0.2) is 48.0 Å². The van der Waals surface area contributed by atoms with Gasteiger partial charge < -0.3 is 14.5 Å². The number of carbonyl (C=O) groups is 2. The smallest absolute Gasteiger partial charge is 0.258 e. The lowest BCUT2D eigenvalue weighted by molar-refractivity contribution is -0.130. The first-order valence-electron chi connectivity index (χ1n) is 9.70. The first-order chi connectivity index (χ1) is 13.6. The lowest BCUT2D eigenvalue weighted by Gasteiger charge is -2.29. The van der Waals surface area contributed by atoms with Gasteiger partial charge in [-0.1, -0.05) is 17.7 Å². The molecule has 28 heavy (non-hydrogen) atoms. The minimum Gasteiger partial charge on any atom is -0.383 e. The number of ether oxygens (including phenoxy) is 1. The summed E-state index contributed by atoms with van der Waals surface area (Å²) in [5, 5.41) is 0. The quantitative estimate of drug-likeness (QED) is 0.801. The van der Waals surface area contributed by atoms with E-state index in [1.54, 1.807) is 24.4 Å². The van der Waals surface area contributed by atoms with E-state index in [2.05, 4.69) is 11.1 Å². The fourth-order valence-corrected chi connectivity index (χ4v) is 4.14. The van der Waals surface area contributed by atoms with Gasteiger partial charge in [0.2, 0.25) is 5.91 Å². The lowest BCUT2D eigenvalue weighted by atomic mass is 9.96. The van der Waals surface area contributed by atoms with Crippen molar-refractivity contribution in [2.75, 3.05) is 25.2 Å². The average molecular weight is 379 g/mol. The molecule has 1 atom stereocenters. The maximum atomic E-state index is 13.0. The third-order valence-corrected chi connectivity index (χ3v) is 5.60. The Hall–Kier alpha value is -2.73. The molecule has 6 heteroatoms. The maximum absolute atomic E-state index is 13.0. The molecule has 0 saturated carbocycles. The molecule has 2 aliphatic heterocycles. The Labute approximate surface area is 165 Å². The first-order valence-corrected chi connectivity index (χ1v) is 9.70. The van der Waals surface area contributed by atoms with Gasteiger partial charge in [-0.3, -0.25) is 14.6 Å². The maximum Gasteiger partial charge on any atom is 0.258 e. The number of hydrogen-bond donors (Lipinski definition) is 0. The number of likely N-dealkylation sites (tertiary alicyclic amines) is 1. The summed E-state index contributed by atoms with van der Waals surface area (Å²) in [6.45, 7) is 3.71. The highest BCUT2D eigenvalue weighted by Crippen LogP contribution is 2.27. The van der Waals surface area contributed by atoms with Crippen molar-refractivity contribution in [1.82, 2.24) is 9.88 Å². The number of aromatic nitrogens is 1. The van der Waals surface area contributed by atoms with Crippen LogP contribution in [0, 0.1) is 6.92 Å². The van der Waals surface area contributed by atoms with Gasteiger partial charge in [-0.2, -0.15) is 0 Å². The van der Waals surface area contributed by atoms with Gasteiger partial charge in [0.05, 0.1) is 24.5 Å². The summed E-state index contributed by atoms with van der Waals surface area (Å²) < 4.78 is 5.25. The molecule has 1 aromatic carbocycles. The first kappa shape index (κ1) is 18.6. The molecule has 2 aliphatic rings. The van der Waals surface area contributed by atoms with Crippen LogP contribution in [0.3, 0.4) is 0 Å². The molecule has 1 saturated heterocycles. The van der Waals surface area contributed by atoms with Gasteiger partial charge in [-0.25, -0.2) is 0 Å². The van der Waals surface area contributed by atoms with Gasteiger partial charge in [0.15, 0.2) is 0 Å². The highest BCUT2D eigenvalue weighted by atomic mass is 16.5. The fraction of sp³-hybridized carbons (Fsp3) is 0.409. The number of nitrogens with zero attached hydrogens (tertiary/aromatic N) is 3. The highest BCUT2D eigenvalue weighted by Gasteiger charge is 2.31. The number of rotatable bonds is 5. The van der Waals surface area contributed by atoms with Crippen LogP contribution in [0.5, 0.6) is 0 Å². The van der Waals surface area contributed by atoms with E-state index in [9.17, 15) is 9.59 Å². The third kappa shape index (κ3) is 3.52. The molecular formula is C22H25N3O3. The van der Waals surface area contributed by atoms with Crippen LogP contribution in [0.15, 0.2) is 36.7 Å². The summed E-state index contributed by atoms with van der Waals surface area (Å²) in [6.07, 6.45) is 5.69. The number of hydrogen-bond acceptors (Lipinski definition) is 4. The second-order valence-electron chi connectivity index (χ2n) is 7.59. The van der Waals surface area contributed by atoms with E-state index >= 15 is 0 Å². The Morgan fingerprint density at radius 3 is 2.86 bits per heavy atom. The van der Waals surface area contributed by atoms with E-state index in [1.165, 1.54) is 5.56 Å². The SMILES string of the molecule is COC[C@@H]1CCC(=O)N1Cc1cncc(N2CCc3cc(C)ccc3C2=O)c1. The van der Waals surface area contributed by atoms with Crippen molar-refractivity contribution >= 4 is 17.5 Å². The largest absolute Gasteiger partial charge is 0.383 e. The number of fused-ring (bicyclic) bond motifs is 1. The molecule has 1 aromatic heterocycles. The summed E-state index contributed by atoms with van der Waals surface area (Å²) in [7, 11) is 1.66. The van der Waals surface area contributed by atoms with E-state index in [1.807, 2.05) is 30.0 Å². The Bertz CT molecular complexity index is 912. The van der Waals surface area contributed by atoms with Crippen molar-refractivity contribution in [3.05, 3.63) is 58.9 Å². The second-order valence-corrected chi connectivity index (χ2v) is 7.59. The zero-order valence-electron chi connectivity index (χ0n) is 16.4. The van der Waals surface area contributed by atoms with Gasteiger partial charge in [0, 0.05) is 38.4 Å². The van der Waals surface area contributed by atoms with Crippen LogP contribution in [0.25, 0.3) is 0 Å². The van der Waals surface area contributed by atoms with Crippen molar-refractivity contribution in [1.29, 1.82) is 0 Å².